The minimum Gasteiger partial charge on any atom is -0.469 e. The first kappa shape index (κ1) is 13.4. The van der Waals surface area contributed by atoms with Crippen LogP contribution < -0.4 is 11.1 Å². The molecule has 0 fully saturated rings. The molecule has 0 aliphatic carbocycles. The molecule has 0 spiro atoms. The number of aromatic amines is 1. The molecule has 2 aromatic rings. The highest BCUT2D eigenvalue weighted by Gasteiger charge is 2.13. The highest BCUT2D eigenvalue weighted by atomic mass is 16.5. The molecule has 0 aliphatic rings. The summed E-state index contributed by atoms with van der Waals surface area (Å²) in [6.07, 6.45) is 0.957. The Kier molecular flexibility index (Phi) is 4.01. The van der Waals surface area contributed by atoms with Gasteiger partial charge in [0.15, 0.2) is 5.58 Å². The zero-order chi connectivity index (χ0) is 13.8. The van der Waals surface area contributed by atoms with E-state index in [1.807, 2.05) is 19.2 Å². The van der Waals surface area contributed by atoms with Crippen LogP contribution in [0.15, 0.2) is 27.4 Å². The molecule has 19 heavy (non-hydrogen) atoms. The third kappa shape index (κ3) is 3.03. The standard InChI is InChI=1S/C13H16N2O4/c1-14-9(4-6-12(16)18-2)8-3-5-11-10(7-8)15-13(17)19-11/h3,5,7,9,14H,4,6H2,1-2H3,(H,15,17). The number of hydrogen-bond donors (Lipinski definition) is 2. The molecule has 6 heteroatoms. The van der Waals surface area contributed by atoms with Crippen molar-refractivity contribution in [2.75, 3.05) is 14.2 Å². The highest BCUT2D eigenvalue weighted by molar-refractivity contribution is 5.73. The van der Waals surface area contributed by atoms with Gasteiger partial charge < -0.3 is 14.5 Å². The van der Waals surface area contributed by atoms with E-state index < -0.39 is 5.76 Å². The quantitative estimate of drug-likeness (QED) is 0.796. The van der Waals surface area contributed by atoms with Gasteiger partial charge in [0.2, 0.25) is 0 Å². The van der Waals surface area contributed by atoms with Crippen LogP contribution in [-0.4, -0.2) is 25.1 Å². The van der Waals surface area contributed by atoms with Crippen molar-refractivity contribution in [3.63, 3.8) is 0 Å². The maximum absolute atomic E-state index is 11.2. The Labute approximate surface area is 109 Å². The maximum Gasteiger partial charge on any atom is 0.417 e. The number of nitrogens with one attached hydrogen (secondary N) is 2. The van der Waals surface area contributed by atoms with Crippen molar-refractivity contribution in [3.8, 4) is 0 Å². The predicted molar refractivity (Wildman–Crippen MR) is 69.9 cm³/mol. The van der Waals surface area contributed by atoms with Crippen LogP contribution in [0.1, 0.15) is 24.4 Å². The minimum atomic E-state index is -0.470. The van der Waals surface area contributed by atoms with Crippen molar-refractivity contribution in [3.05, 3.63) is 34.3 Å². The predicted octanol–water partition coefficient (Wildman–Crippen LogP) is 1.33. The molecule has 2 N–H and O–H groups in total. The minimum absolute atomic E-state index is 0.0157. The third-order valence-corrected chi connectivity index (χ3v) is 3.06. The summed E-state index contributed by atoms with van der Waals surface area (Å²) in [5.41, 5.74) is 2.16. The van der Waals surface area contributed by atoms with Gasteiger partial charge in [0.05, 0.1) is 12.6 Å². The van der Waals surface area contributed by atoms with Crippen LogP contribution >= 0.6 is 0 Å². The largest absolute Gasteiger partial charge is 0.469 e. The normalized spacial score (nSPS) is 12.5. The van der Waals surface area contributed by atoms with Gasteiger partial charge in [0.25, 0.3) is 0 Å². The Morgan fingerprint density at radius 2 is 2.32 bits per heavy atom. The van der Waals surface area contributed by atoms with Gasteiger partial charge >= 0.3 is 11.7 Å². The van der Waals surface area contributed by atoms with Crippen molar-refractivity contribution in [1.82, 2.24) is 10.3 Å². The molecule has 0 aliphatic heterocycles. The maximum atomic E-state index is 11.2. The number of ether oxygens (including phenoxy) is 1. The average Bonchev–Trinajstić information content (AvgIpc) is 2.78. The van der Waals surface area contributed by atoms with E-state index in [4.69, 9.17) is 4.42 Å². The molecule has 0 saturated carbocycles. The molecule has 0 amide bonds. The Hall–Kier alpha value is -2.08. The van der Waals surface area contributed by atoms with Crippen LogP contribution in [-0.2, 0) is 9.53 Å². The molecule has 1 aromatic carbocycles. The Bertz CT molecular complexity index is 629. The second-order valence-corrected chi connectivity index (χ2v) is 4.23. The number of methoxy groups -OCH3 is 1. The van der Waals surface area contributed by atoms with Gasteiger partial charge in [-0.15, -0.1) is 0 Å². The first-order valence-corrected chi connectivity index (χ1v) is 6.01. The molecular weight excluding hydrogens is 248 g/mol. The lowest BCUT2D eigenvalue weighted by atomic mass is 10.0. The SMILES string of the molecule is CNC(CCC(=O)OC)c1ccc2oc(=O)[nH]c2c1. The number of H-pyrrole nitrogens is 1. The summed E-state index contributed by atoms with van der Waals surface area (Å²) in [6.45, 7) is 0. The number of esters is 1. The number of rotatable bonds is 5. The van der Waals surface area contributed by atoms with E-state index in [0.29, 0.717) is 23.9 Å². The van der Waals surface area contributed by atoms with Gasteiger partial charge in [0.1, 0.15) is 0 Å². The van der Waals surface area contributed by atoms with E-state index >= 15 is 0 Å². The summed E-state index contributed by atoms with van der Waals surface area (Å²) in [7, 11) is 3.20. The molecule has 1 heterocycles. The molecular formula is C13H16N2O4. The van der Waals surface area contributed by atoms with Crippen molar-refractivity contribution in [1.29, 1.82) is 0 Å². The van der Waals surface area contributed by atoms with Crippen LogP contribution in [0.25, 0.3) is 11.1 Å². The van der Waals surface area contributed by atoms with Gasteiger partial charge in [-0.05, 0) is 31.2 Å². The number of aromatic nitrogens is 1. The van der Waals surface area contributed by atoms with E-state index in [0.717, 1.165) is 5.56 Å². The first-order valence-electron chi connectivity index (χ1n) is 6.01. The summed E-state index contributed by atoms with van der Waals surface area (Å²) in [4.78, 5) is 24.9. The zero-order valence-electron chi connectivity index (χ0n) is 10.9. The summed E-state index contributed by atoms with van der Waals surface area (Å²) in [6, 6.07) is 5.48. The lowest BCUT2D eigenvalue weighted by molar-refractivity contribution is -0.140. The Morgan fingerprint density at radius 3 is 3.00 bits per heavy atom. The van der Waals surface area contributed by atoms with Gasteiger partial charge in [-0.3, -0.25) is 9.78 Å². The molecule has 1 aromatic heterocycles. The molecule has 0 radical (unpaired) electrons. The molecule has 2 rings (SSSR count). The van der Waals surface area contributed by atoms with Gasteiger partial charge in [-0.1, -0.05) is 6.07 Å². The van der Waals surface area contributed by atoms with Crippen LogP contribution in [0, 0.1) is 0 Å². The van der Waals surface area contributed by atoms with E-state index in [-0.39, 0.29) is 12.0 Å². The number of fused-ring (bicyclic) bond motifs is 1. The van der Waals surface area contributed by atoms with Crippen LogP contribution in [0.5, 0.6) is 0 Å². The number of benzene rings is 1. The van der Waals surface area contributed by atoms with E-state index in [9.17, 15) is 9.59 Å². The number of oxazole rings is 1. The molecule has 1 atom stereocenters. The summed E-state index contributed by atoms with van der Waals surface area (Å²) in [5, 5.41) is 3.14. The Balaban J connectivity index is 2.19. The topological polar surface area (TPSA) is 84.3 Å². The fourth-order valence-electron chi connectivity index (χ4n) is 2.03. The average molecular weight is 264 g/mol. The second kappa shape index (κ2) is 5.71. The highest BCUT2D eigenvalue weighted by Crippen LogP contribution is 2.21. The van der Waals surface area contributed by atoms with Crippen LogP contribution in [0.3, 0.4) is 0 Å². The van der Waals surface area contributed by atoms with E-state index in [1.165, 1.54) is 7.11 Å². The summed E-state index contributed by atoms with van der Waals surface area (Å²) >= 11 is 0. The first-order chi connectivity index (χ1) is 9.13. The summed E-state index contributed by atoms with van der Waals surface area (Å²) in [5.74, 6) is -0.708. The van der Waals surface area contributed by atoms with Crippen LogP contribution in [0.4, 0.5) is 0 Å². The van der Waals surface area contributed by atoms with Crippen molar-refractivity contribution in [2.24, 2.45) is 0 Å². The third-order valence-electron chi connectivity index (χ3n) is 3.06. The van der Waals surface area contributed by atoms with Crippen molar-refractivity contribution in [2.45, 2.75) is 18.9 Å². The van der Waals surface area contributed by atoms with Crippen molar-refractivity contribution < 1.29 is 13.9 Å². The van der Waals surface area contributed by atoms with Gasteiger partial charge in [0, 0.05) is 12.5 Å². The lowest BCUT2D eigenvalue weighted by Gasteiger charge is -2.15. The van der Waals surface area contributed by atoms with E-state index in [2.05, 4.69) is 15.0 Å². The number of carbonyl (C=O) groups is 1. The molecule has 102 valence electrons. The molecule has 0 bridgehead atoms. The summed E-state index contributed by atoms with van der Waals surface area (Å²) < 4.78 is 9.57. The number of carbonyl (C=O) groups excluding carboxylic acids is 1. The second-order valence-electron chi connectivity index (χ2n) is 4.23. The molecule has 6 nitrogen and oxygen atoms in total. The Morgan fingerprint density at radius 1 is 1.53 bits per heavy atom. The fraction of sp³-hybridized carbons (Fsp3) is 0.385. The smallest absolute Gasteiger partial charge is 0.417 e. The molecule has 0 saturated heterocycles. The lowest BCUT2D eigenvalue weighted by Crippen LogP contribution is -2.18. The van der Waals surface area contributed by atoms with Gasteiger partial charge in [-0.25, -0.2) is 4.79 Å². The molecule has 1 unspecified atom stereocenters. The van der Waals surface area contributed by atoms with Crippen LogP contribution in [0.2, 0.25) is 0 Å². The van der Waals surface area contributed by atoms with Gasteiger partial charge in [-0.2, -0.15) is 0 Å². The monoisotopic (exact) mass is 264 g/mol. The van der Waals surface area contributed by atoms with Crippen molar-refractivity contribution >= 4 is 17.1 Å². The van der Waals surface area contributed by atoms with E-state index in [1.54, 1.807) is 6.07 Å². The zero-order valence-corrected chi connectivity index (χ0v) is 10.9. The number of hydrogen-bond acceptors (Lipinski definition) is 5. The fourth-order valence-corrected chi connectivity index (χ4v) is 2.03.